The van der Waals surface area contributed by atoms with Gasteiger partial charge in [-0.15, -0.1) is 0 Å². The molecule has 1 unspecified atom stereocenters. The zero-order valence-electron chi connectivity index (χ0n) is 30.0. The number of allylic oxidation sites excluding steroid dienone is 2. The molecule has 0 amide bonds. The van der Waals surface area contributed by atoms with E-state index in [-0.39, 0.29) is 18.3 Å². The number of ether oxygens (including phenoxy) is 6. The van der Waals surface area contributed by atoms with Crippen LogP contribution >= 0.6 is 0 Å². The number of aliphatic hydroxyl groups is 1. The molecule has 2 saturated heterocycles. The van der Waals surface area contributed by atoms with E-state index in [1.54, 1.807) is 7.11 Å². The molecule has 2 aliphatic rings. The Balaban J connectivity index is 1.67. The van der Waals surface area contributed by atoms with Crippen molar-refractivity contribution in [3.8, 4) is 0 Å². The van der Waals surface area contributed by atoms with E-state index in [9.17, 15) is 5.11 Å². The number of aliphatic hydroxyl groups excluding tert-OH is 1. The summed E-state index contributed by atoms with van der Waals surface area (Å²) >= 11 is 0. The Morgan fingerprint density at radius 3 is 1.91 bits per heavy atom. The minimum absolute atomic E-state index is 0.167. The Morgan fingerprint density at radius 2 is 1.27 bits per heavy atom. The number of unbranched alkanes of at least 4 members (excludes halogenated alkanes) is 16. The van der Waals surface area contributed by atoms with E-state index < -0.39 is 24.3 Å². The van der Waals surface area contributed by atoms with Crippen LogP contribution in [0.5, 0.6) is 0 Å². The minimum Gasteiger partial charge on any atom is -0.381 e. The predicted molar refractivity (Wildman–Crippen MR) is 184 cm³/mol. The molecule has 0 saturated carbocycles. The predicted octanol–water partition coefficient (Wildman–Crippen LogP) is 9.43. The lowest BCUT2D eigenvalue weighted by Crippen LogP contribution is -2.65. The highest BCUT2D eigenvalue weighted by molar-refractivity contribution is 4.95. The van der Waals surface area contributed by atoms with Crippen LogP contribution in [0.2, 0.25) is 0 Å². The summed E-state index contributed by atoms with van der Waals surface area (Å²) in [5, 5.41) is 10.9. The third kappa shape index (κ3) is 18.0. The van der Waals surface area contributed by atoms with Crippen molar-refractivity contribution in [2.45, 2.75) is 205 Å². The maximum absolute atomic E-state index is 10.9. The zero-order chi connectivity index (χ0) is 32.6. The summed E-state index contributed by atoms with van der Waals surface area (Å²) in [7, 11) is 1.79. The number of rotatable bonds is 28. The fourth-order valence-corrected chi connectivity index (χ4v) is 6.44. The van der Waals surface area contributed by atoms with Crippen LogP contribution in [0, 0.1) is 0 Å². The van der Waals surface area contributed by atoms with Crippen LogP contribution in [0.25, 0.3) is 0 Å². The molecule has 7 nitrogen and oxygen atoms in total. The van der Waals surface area contributed by atoms with Gasteiger partial charge in [0.1, 0.15) is 24.4 Å². The van der Waals surface area contributed by atoms with Crippen LogP contribution in [-0.2, 0) is 28.4 Å². The van der Waals surface area contributed by atoms with Gasteiger partial charge < -0.3 is 33.5 Å². The first-order chi connectivity index (χ1) is 21.9. The summed E-state index contributed by atoms with van der Waals surface area (Å²) in [6.07, 6.45) is 28.0. The van der Waals surface area contributed by atoms with E-state index in [1.807, 2.05) is 13.8 Å². The Hall–Kier alpha value is -0.540. The van der Waals surface area contributed by atoms with Crippen LogP contribution in [0.3, 0.4) is 0 Å². The largest absolute Gasteiger partial charge is 0.381 e. The molecule has 0 bridgehead atoms. The highest BCUT2D eigenvalue weighted by Crippen LogP contribution is 2.34. The van der Waals surface area contributed by atoms with Crippen molar-refractivity contribution in [1.82, 2.24) is 0 Å². The summed E-state index contributed by atoms with van der Waals surface area (Å²) in [6.45, 7) is 9.79. The smallest absolute Gasteiger partial charge is 0.184 e. The van der Waals surface area contributed by atoms with Crippen molar-refractivity contribution in [2.75, 3.05) is 26.9 Å². The molecule has 0 aromatic heterocycles. The van der Waals surface area contributed by atoms with Crippen molar-refractivity contribution in [1.29, 1.82) is 0 Å². The van der Waals surface area contributed by atoms with E-state index in [1.165, 1.54) is 109 Å². The lowest BCUT2D eigenvalue weighted by molar-refractivity contribution is -0.384. The Labute approximate surface area is 277 Å². The van der Waals surface area contributed by atoms with Gasteiger partial charge in [0.25, 0.3) is 0 Å². The fourth-order valence-electron chi connectivity index (χ4n) is 6.44. The molecule has 266 valence electrons. The minimum atomic E-state index is -1.07. The fraction of sp³-hybridized carbons (Fsp3) is 0.947. The van der Waals surface area contributed by atoms with Crippen molar-refractivity contribution in [3.63, 3.8) is 0 Å². The van der Waals surface area contributed by atoms with Crippen molar-refractivity contribution >= 4 is 0 Å². The van der Waals surface area contributed by atoms with Gasteiger partial charge in [0.2, 0.25) is 0 Å². The summed E-state index contributed by atoms with van der Waals surface area (Å²) in [4.78, 5) is 0. The van der Waals surface area contributed by atoms with Crippen LogP contribution in [0.4, 0.5) is 0 Å². The molecule has 1 N–H and O–H groups in total. The van der Waals surface area contributed by atoms with Gasteiger partial charge in [-0.2, -0.15) is 0 Å². The average molecular weight is 641 g/mol. The van der Waals surface area contributed by atoms with E-state index in [0.717, 1.165) is 25.7 Å². The summed E-state index contributed by atoms with van der Waals surface area (Å²) in [6, 6.07) is 0. The van der Waals surface area contributed by atoms with Crippen LogP contribution in [-0.4, -0.2) is 74.6 Å². The van der Waals surface area contributed by atoms with Gasteiger partial charge in [-0.1, -0.05) is 116 Å². The van der Waals surface area contributed by atoms with Gasteiger partial charge in [0, 0.05) is 20.3 Å². The van der Waals surface area contributed by atoms with E-state index in [2.05, 4.69) is 26.0 Å². The SMILES string of the molecule is CCCCCCC=CCCCCCCCCCCO[C@H]1C(O)O[C@@H]2COC(C)(C)O[C@H]2[C@@H]1OCC[C@@H](CCCCCCC)OC. The second kappa shape index (κ2) is 25.5. The summed E-state index contributed by atoms with van der Waals surface area (Å²) < 4.78 is 36.5. The number of hydrogen-bond acceptors (Lipinski definition) is 7. The van der Waals surface area contributed by atoms with Crippen LogP contribution in [0.15, 0.2) is 12.2 Å². The molecule has 7 heteroatoms. The highest BCUT2D eigenvalue weighted by Gasteiger charge is 2.52. The lowest BCUT2D eigenvalue weighted by Gasteiger charge is -2.50. The molecular weight excluding hydrogens is 568 g/mol. The van der Waals surface area contributed by atoms with Gasteiger partial charge >= 0.3 is 0 Å². The first-order valence-electron chi connectivity index (χ1n) is 19.0. The van der Waals surface area contributed by atoms with Crippen LogP contribution in [0.1, 0.15) is 163 Å². The van der Waals surface area contributed by atoms with Gasteiger partial charge in [0.05, 0.1) is 12.7 Å². The van der Waals surface area contributed by atoms with Gasteiger partial charge in [0.15, 0.2) is 12.1 Å². The van der Waals surface area contributed by atoms with Gasteiger partial charge in [-0.3, -0.25) is 0 Å². The van der Waals surface area contributed by atoms with Crippen molar-refractivity contribution < 1.29 is 33.5 Å². The Morgan fingerprint density at radius 1 is 0.711 bits per heavy atom. The second-order valence-corrected chi connectivity index (χ2v) is 13.8. The molecule has 0 spiro atoms. The number of hydrogen-bond donors (Lipinski definition) is 1. The second-order valence-electron chi connectivity index (χ2n) is 13.8. The van der Waals surface area contributed by atoms with E-state index in [4.69, 9.17) is 28.4 Å². The lowest BCUT2D eigenvalue weighted by atomic mass is 9.96. The quantitative estimate of drug-likeness (QED) is 0.0674. The third-order valence-electron chi connectivity index (χ3n) is 9.30. The van der Waals surface area contributed by atoms with Gasteiger partial charge in [-0.05, 0) is 58.8 Å². The standard InChI is InChI=1S/C38H72O7/c1-6-8-10-12-13-14-15-16-17-18-19-20-21-22-24-26-29-41-36-35(34-33(44-37(36)39)31-43-38(3,4)45-34)42-30-28-32(40-5)27-25-23-11-9-7-2/h14-15,32-37,39H,6-13,16-31H2,1-5H3/t32-,33-,34-,35+,36-,37?/m1/s1. The maximum atomic E-state index is 10.9. The summed E-state index contributed by atoms with van der Waals surface area (Å²) in [5.74, 6) is -0.739. The molecule has 0 aromatic carbocycles. The van der Waals surface area contributed by atoms with E-state index in [0.29, 0.717) is 19.8 Å². The molecule has 0 aromatic rings. The maximum Gasteiger partial charge on any atom is 0.184 e. The van der Waals surface area contributed by atoms with Crippen LogP contribution < -0.4 is 0 Å². The molecule has 2 rings (SSSR count). The molecular formula is C38H72O7. The third-order valence-corrected chi connectivity index (χ3v) is 9.30. The average Bonchev–Trinajstić information content (AvgIpc) is 3.02. The molecule has 0 aliphatic carbocycles. The normalized spacial score (nSPS) is 25.5. The number of methoxy groups -OCH3 is 1. The first kappa shape index (κ1) is 40.6. The van der Waals surface area contributed by atoms with Crippen molar-refractivity contribution in [2.24, 2.45) is 0 Å². The van der Waals surface area contributed by atoms with E-state index >= 15 is 0 Å². The van der Waals surface area contributed by atoms with Crippen molar-refractivity contribution in [3.05, 3.63) is 12.2 Å². The molecule has 2 fully saturated rings. The molecule has 2 heterocycles. The molecule has 6 atom stereocenters. The Bertz CT molecular complexity index is 714. The summed E-state index contributed by atoms with van der Waals surface area (Å²) in [5.41, 5.74) is 0. The molecule has 2 aliphatic heterocycles. The highest BCUT2D eigenvalue weighted by atomic mass is 16.8. The zero-order valence-corrected chi connectivity index (χ0v) is 30.0. The molecule has 45 heavy (non-hydrogen) atoms. The van der Waals surface area contributed by atoms with Gasteiger partial charge in [-0.25, -0.2) is 0 Å². The molecule has 0 radical (unpaired) electrons. The monoisotopic (exact) mass is 641 g/mol. The first-order valence-corrected chi connectivity index (χ1v) is 19.0. The topological polar surface area (TPSA) is 75.6 Å². The number of fused-ring (bicyclic) bond motifs is 1. The Kier molecular flexibility index (Phi) is 23.0.